The van der Waals surface area contributed by atoms with E-state index in [2.05, 4.69) is 17.1 Å². The molecule has 1 aromatic heterocycles. The van der Waals surface area contributed by atoms with Crippen LogP contribution in [-0.4, -0.2) is 21.2 Å². The summed E-state index contributed by atoms with van der Waals surface area (Å²) in [7, 11) is 0. The Morgan fingerprint density at radius 3 is 2.85 bits per heavy atom. The third-order valence-electron chi connectivity index (χ3n) is 1.65. The Kier molecular flexibility index (Phi) is 3.42. The molecule has 0 saturated carbocycles. The van der Waals surface area contributed by atoms with Gasteiger partial charge in [-0.2, -0.15) is 4.98 Å². The van der Waals surface area contributed by atoms with Crippen molar-refractivity contribution >= 4 is 5.97 Å². The van der Waals surface area contributed by atoms with Crippen molar-refractivity contribution in [1.82, 2.24) is 10.1 Å². The highest BCUT2D eigenvalue weighted by atomic mass is 16.5. The first-order valence-electron chi connectivity index (χ1n) is 4.30. The highest BCUT2D eigenvalue weighted by Gasteiger charge is 2.11. The van der Waals surface area contributed by atoms with Crippen molar-refractivity contribution in [3.8, 4) is 0 Å². The maximum absolute atomic E-state index is 10.4. The maximum Gasteiger partial charge on any atom is 0.377 e. The van der Waals surface area contributed by atoms with Gasteiger partial charge in [0.25, 0.3) is 5.82 Å². The number of carbonyl (C=O) groups is 1. The number of hydrogen-bond acceptors (Lipinski definition) is 4. The number of aromatic carboxylic acids is 1. The molecule has 0 aliphatic carbocycles. The number of carboxylic acid groups (broad SMARTS) is 1. The lowest BCUT2D eigenvalue weighted by atomic mass is 10.2. The molecular weight excluding hydrogens is 172 g/mol. The first kappa shape index (κ1) is 9.70. The minimum atomic E-state index is -1.15. The van der Waals surface area contributed by atoms with Crippen LogP contribution in [0.5, 0.6) is 0 Å². The predicted octanol–water partition coefficient (Wildman–Crippen LogP) is 1.50. The molecule has 0 aliphatic heterocycles. The molecule has 72 valence electrons. The minimum absolute atomic E-state index is 0.258. The zero-order valence-corrected chi connectivity index (χ0v) is 7.49. The van der Waals surface area contributed by atoms with Gasteiger partial charge < -0.3 is 9.63 Å². The average Bonchev–Trinajstić information content (AvgIpc) is 2.53. The normalized spacial score (nSPS) is 10.2. The fourth-order valence-electron chi connectivity index (χ4n) is 0.970. The second-order valence-electron chi connectivity index (χ2n) is 2.77. The van der Waals surface area contributed by atoms with Crippen LogP contribution in [-0.2, 0) is 6.42 Å². The van der Waals surface area contributed by atoms with E-state index in [0.717, 1.165) is 19.3 Å². The number of aryl methyl sites for hydroxylation is 1. The summed E-state index contributed by atoms with van der Waals surface area (Å²) in [5.41, 5.74) is 0. The highest BCUT2D eigenvalue weighted by Crippen LogP contribution is 2.04. The van der Waals surface area contributed by atoms with Gasteiger partial charge in [-0.25, -0.2) is 4.79 Å². The summed E-state index contributed by atoms with van der Waals surface area (Å²) >= 11 is 0. The average molecular weight is 184 g/mol. The Balaban J connectivity index is 2.44. The summed E-state index contributed by atoms with van der Waals surface area (Å²) in [6, 6.07) is 0. The van der Waals surface area contributed by atoms with Gasteiger partial charge in [0.15, 0.2) is 0 Å². The van der Waals surface area contributed by atoms with Crippen molar-refractivity contribution < 1.29 is 14.4 Å². The Morgan fingerprint density at radius 2 is 2.31 bits per heavy atom. The summed E-state index contributed by atoms with van der Waals surface area (Å²) in [5, 5.41) is 11.8. The molecule has 1 heterocycles. The van der Waals surface area contributed by atoms with Gasteiger partial charge >= 0.3 is 5.97 Å². The summed E-state index contributed by atoms with van der Waals surface area (Å²) in [6.45, 7) is 2.09. The summed E-state index contributed by atoms with van der Waals surface area (Å²) in [4.78, 5) is 14.1. The van der Waals surface area contributed by atoms with E-state index >= 15 is 0 Å². The molecule has 0 amide bonds. The number of carboxylic acids is 1. The van der Waals surface area contributed by atoms with Crippen LogP contribution in [0.3, 0.4) is 0 Å². The van der Waals surface area contributed by atoms with Gasteiger partial charge in [-0.1, -0.05) is 19.8 Å². The van der Waals surface area contributed by atoms with Crippen molar-refractivity contribution in [3.63, 3.8) is 0 Å². The summed E-state index contributed by atoms with van der Waals surface area (Å²) in [6.07, 6.45) is 3.82. The highest BCUT2D eigenvalue weighted by molar-refractivity contribution is 5.82. The molecule has 13 heavy (non-hydrogen) atoms. The molecule has 1 rings (SSSR count). The van der Waals surface area contributed by atoms with Gasteiger partial charge in [-0.3, -0.25) is 0 Å². The van der Waals surface area contributed by atoms with E-state index in [1.807, 2.05) is 0 Å². The molecule has 0 aromatic carbocycles. The van der Waals surface area contributed by atoms with Gasteiger partial charge in [0.2, 0.25) is 5.89 Å². The van der Waals surface area contributed by atoms with Gasteiger partial charge in [0.05, 0.1) is 0 Å². The first-order chi connectivity index (χ1) is 6.24. The van der Waals surface area contributed by atoms with Crippen LogP contribution in [0.15, 0.2) is 4.52 Å². The van der Waals surface area contributed by atoms with Crippen LogP contribution in [0.2, 0.25) is 0 Å². The Labute approximate surface area is 75.8 Å². The molecule has 0 spiro atoms. The topological polar surface area (TPSA) is 76.2 Å². The number of aromatic nitrogens is 2. The zero-order valence-electron chi connectivity index (χ0n) is 7.49. The van der Waals surface area contributed by atoms with Crippen LogP contribution >= 0.6 is 0 Å². The quantitative estimate of drug-likeness (QED) is 0.701. The van der Waals surface area contributed by atoms with Crippen molar-refractivity contribution in [2.45, 2.75) is 32.6 Å². The van der Waals surface area contributed by atoms with Crippen LogP contribution in [0.25, 0.3) is 0 Å². The Morgan fingerprint density at radius 1 is 1.54 bits per heavy atom. The third-order valence-corrected chi connectivity index (χ3v) is 1.65. The molecule has 0 radical (unpaired) electrons. The van der Waals surface area contributed by atoms with Gasteiger partial charge in [0, 0.05) is 6.42 Å². The van der Waals surface area contributed by atoms with E-state index in [1.54, 1.807) is 0 Å². The number of nitrogens with zero attached hydrogens (tertiary/aromatic N) is 2. The number of hydrogen-bond donors (Lipinski definition) is 1. The van der Waals surface area contributed by atoms with Crippen LogP contribution in [0.1, 0.15) is 42.7 Å². The number of rotatable bonds is 5. The standard InChI is InChI=1S/C8H12N2O3/c1-2-3-4-5-6-9-7(8(11)12)10-13-6/h2-5H2,1H3,(H,11,12). The third kappa shape index (κ3) is 2.85. The molecule has 0 saturated heterocycles. The molecule has 5 heteroatoms. The maximum atomic E-state index is 10.4. The lowest BCUT2D eigenvalue weighted by molar-refractivity contribution is 0.0680. The monoisotopic (exact) mass is 184 g/mol. The smallest absolute Gasteiger partial charge is 0.377 e. The van der Waals surface area contributed by atoms with Gasteiger partial charge in [-0.15, -0.1) is 0 Å². The van der Waals surface area contributed by atoms with Crippen molar-refractivity contribution in [1.29, 1.82) is 0 Å². The van der Waals surface area contributed by atoms with Crippen molar-refractivity contribution in [2.24, 2.45) is 0 Å². The van der Waals surface area contributed by atoms with E-state index in [-0.39, 0.29) is 5.82 Å². The molecule has 0 aliphatic rings. The Bertz CT molecular complexity index is 283. The molecule has 5 nitrogen and oxygen atoms in total. The molecule has 0 atom stereocenters. The van der Waals surface area contributed by atoms with Crippen LogP contribution < -0.4 is 0 Å². The molecule has 0 fully saturated rings. The first-order valence-corrected chi connectivity index (χ1v) is 4.30. The second-order valence-corrected chi connectivity index (χ2v) is 2.77. The van der Waals surface area contributed by atoms with E-state index < -0.39 is 5.97 Å². The zero-order chi connectivity index (χ0) is 9.68. The minimum Gasteiger partial charge on any atom is -0.475 e. The van der Waals surface area contributed by atoms with E-state index in [0.29, 0.717) is 12.3 Å². The predicted molar refractivity (Wildman–Crippen MR) is 44.5 cm³/mol. The van der Waals surface area contributed by atoms with Crippen LogP contribution in [0.4, 0.5) is 0 Å². The van der Waals surface area contributed by atoms with E-state index in [9.17, 15) is 4.79 Å². The summed E-state index contributed by atoms with van der Waals surface area (Å²) < 4.78 is 4.73. The van der Waals surface area contributed by atoms with Crippen molar-refractivity contribution in [3.05, 3.63) is 11.7 Å². The van der Waals surface area contributed by atoms with Gasteiger partial charge in [-0.05, 0) is 11.6 Å². The van der Waals surface area contributed by atoms with E-state index in [4.69, 9.17) is 9.63 Å². The molecule has 0 unspecified atom stereocenters. The SMILES string of the molecule is CCCCCc1nc(C(=O)O)no1. The Hall–Kier alpha value is -1.39. The lowest BCUT2D eigenvalue weighted by Gasteiger charge is -1.90. The fraction of sp³-hybridized carbons (Fsp3) is 0.625. The van der Waals surface area contributed by atoms with Gasteiger partial charge in [0.1, 0.15) is 0 Å². The second kappa shape index (κ2) is 4.59. The fourth-order valence-corrected chi connectivity index (χ4v) is 0.970. The molecule has 1 aromatic rings. The van der Waals surface area contributed by atoms with Crippen molar-refractivity contribution in [2.75, 3.05) is 0 Å². The van der Waals surface area contributed by atoms with Crippen LogP contribution in [0, 0.1) is 0 Å². The molecule has 0 bridgehead atoms. The molecular formula is C8H12N2O3. The summed E-state index contributed by atoms with van der Waals surface area (Å²) in [5.74, 6) is -0.997. The molecule has 1 N–H and O–H groups in total. The largest absolute Gasteiger partial charge is 0.475 e. The number of unbranched alkanes of at least 4 members (excludes halogenated alkanes) is 2. The lowest BCUT2D eigenvalue weighted by Crippen LogP contribution is -1.98. The van der Waals surface area contributed by atoms with E-state index in [1.165, 1.54) is 0 Å².